The summed E-state index contributed by atoms with van der Waals surface area (Å²) in [5.74, 6) is 0. The average molecular weight is 217 g/mol. The Balaban J connectivity index is 1.78. The van der Waals surface area contributed by atoms with E-state index in [2.05, 4.69) is 11.9 Å². The first-order valence-electron chi connectivity index (χ1n) is 5.23. The maximum absolute atomic E-state index is 4.49. The van der Waals surface area contributed by atoms with Gasteiger partial charge in [0.05, 0.1) is 5.08 Å². The fourth-order valence-electron chi connectivity index (χ4n) is 1.27. The van der Waals surface area contributed by atoms with E-state index in [4.69, 9.17) is 0 Å². The second-order valence-electron chi connectivity index (χ2n) is 3.32. The highest BCUT2D eigenvalue weighted by atomic mass is 32.3. The van der Waals surface area contributed by atoms with Crippen LogP contribution in [0.15, 0.2) is 4.99 Å². The third-order valence-electron chi connectivity index (χ3n) is 2.12. The van der Waals surface area contributed by atoms with Crippen molar-refractivity contribution >= 4 is 27.9 Å². The molecule has 0 radical (unpaired) electrons. The topological polar surface area (TPSA) is 12.4 Å². The van der Waals surface area contributed by atoms with Crippen molar-refractivity contribution in [3.05, 3.63) is 0 Å². The Kier molecular flexibility index (Phi) is 6.82. The van der Waals surface area contributed by atoms with Gasteiger partial charge in [-0.05, 0) is 6.42 Å². The largest absolute Gasteiger partial charge is 0.272 e. The second-order valence-corrected chi connectivity index (χ2v) is 5.87. The van der Waals surface area contributed by atoms with Crippen LogP contribution in [0.5, 0.6) is 0 Å². The molecular weight excluding hydrogens is 198 g/mol. The molecule has 1 fully saturated rings. The maximum atomic E-state index is 4.49. The van der Waals surface area contributed by atoms with Crippen molar-refractivity contribution in [2.45, 2.75) is 45.4 Å². The lowest BCUT2D eigenvalue weighted by Gasteiger charge is -2.12. The molecule has 1 nitrogen and oxygen atoms in total. The molecule has 3 heteroatoms. The van der Waals surface area contributed by atoms with E-state index >= 15 is 0 Å². The molecule has 13 heavy (non-hydrogen) atoms. The van der Waals surface area contributed by atoms with Gasteiger partial charge in [0.15, 0.2) is 0 Å². The molecule has 0 N–H and O–H groups in total. The molecule has 1 aliphatic rings. The minimum absolute atomic E-state index is 1.06. The van der Waals surface area contributed by atoms with Gasteiger partial charge in [0.1, 0.15) is 4.38 Å². The lowest BCUT2D eigenvalue weighted by Crippen LogP contribution is -1.99. The molecule has 1 heterocycles. The van der Waals surface area contributed by atoms with Gasteiger partial charge < -0.3 is 0 Å². The lowest BCUT2D eigenvalue weighted by molar-refractivity contribution is 0.613. The highest BCUT2D eigenvalue weighted by Crippen LogP contribution is 2.32. The van der Waals surface area contributed by atoms with E-state index < -0.39 is 0 Å². The molecule has 1 saturated heterocycles. The first kappa shape index (κ1) is 11.4. The smallest absolute Gasteiger partial charge is 0.126 e. The summed E-state index contributed by atoms with van der Waals surface area (Å²) in [6.45, 7) is 3.32. The fourth-order valence-corrected chi connectivity index (χ4v) is 2.52. The van der Waals surface area contributed by atoms with Crippen molar-refractivity contribution in [3.63, 3.8) is 0 Å². The van der Waals surface area contributed by atoms with Crippen LogP contribution < -0.4 is 0 Å². The Morgan fingerprint density at radius 1 is 1.08 bits per heavy atom. The van der Waals surface area contributed by atoms with Crippen LogP contribution in [0.25, 0.3) is 0 Å². The Bertz CT molecular complexity index is 151. The van der Waals surface area contributed by atoms with E-state index in [0.717, 1.165) is 6.54 Å². The van der Waals surface area contributed by atoms with E-state index in [0.29, 0.717) is 0 Å². The summed E-state index contributed by atoms with van der Waals surface area (Å²) in [6, 6.07) is 0. The first-order valence-corrected chi connectivity index (χ1v) is 7.20. The summed E-state index contributed by atoms with van der Waals surface area (Å²) < 4.78 is 1.31. The summed E-state index contributed by atoms with van der Waals surface area (Å²) in [6.07, 6.45) is 8.21. The molecule has 0 unspecified atom stereocenters. The monoisotopic (exact) mass is 217 g/mol. The molecule has 0 aliphatic carbocycles. The van der Waals surface area contributed by atoms with E-state index in [1.807, 2.05) is 23.5 Å². The highest BCUT2D eigenvalue weighted by Gasteiger charge is 2.10. The third kappa shape index (κ3) is 5.63. The molecule has 0 aromatic heterocycles. The van der Waals surface area contributed by atoms with Crippen LogP contribution >= 0.6 is 23.5 Å². The molecule has 0 bridgehead atoms. The van der Waals surface area contributed by atoms with Crippen LogP contribution in [0.1, 0.15) is 45.4 Å². The minimum atomic E-state index is 1.06. The number of rotatable bonds is 7. The molecule has 0 amide bonds. The predicted octanol–water partition coefficient (Wildman–Crippen LogP) is 4.14. The second kappa shape index (κ2) is 7.74. The summed E-state index contributed by atoms with van der Waals surface area (Å²) >= 11 is 3.78. The zero-order valence-corrected chi connectivity index (χ0v) is 10.1. The summed E-state index contributed by atoms with van der Waals surface area (Å²) in [4.78, 5) is 4.49. The van der Waals surface area contributed by atoms with E-state index in [9.17, 15) is 0 Å². The Morgan fingerprint density at radius 3 is 2.38 bits per heavy atom. The molecule has 1 aliphatic heterocycles. The molecule has 0 aromatic carbocycles. The van der Waals surface area contributed by atoms with Gasteiger partial charge >= 0.3 is 0 Å². The average Bonchev–Trinajstić information content (AvgIpc) is 2.07. The maximum Gasteiger partial charge on any atom is 0.126 e. The van der Waals surface area contributed by atoms with Gasteiger partial charge in [-0.1, -0.05) is 62.6 Å². The molecule has 76 valence electrons. The van der Waals surface area contributed by atoms with Crippen molar-refractivity contribution < 1.29 is 0 Å². The minimum Gasteiger partial charge on any atom is -0.272 e. The molecule has 0 saturated carbocycles. The first-order chi connectivity index (χ1) is 6.43. The molecular formula is C10H19NS2. The number of unbranched alkanes of at least 4 members (excludes halogenated alkanes) is 5. The van der Waals surface area contributed by atoms with Crippen molar-refractivity contribution in [1.82, 2.24) is 0 Å². The van der Waals surface area contributed by atoms with Crippen LogP contribution in [-0.4, -0.2) is 16.0 Å². The predicted molar refractivity (Wildman–Crippen MR) is 65.7 cm³/mol. The zero-order chi connectivity index (χ0) is 9.36. The van der Waals surface area contributed by atoms with Gasteiger partial charge in [0, 0.05) is 6.54 Å². The quantitative estimate of drug-likeness (QED) is 0.594. The van der Waals surface area contributed by atoms with Crippen molar-refractivity contribution in [2.75, 3.05) is 11.6 Å². The Hall–Kier alpha value is 0.370. The molecule has 0 spiro atoms. The Labute approximate surface area is 90.2 Å². The normalized spacial score (nSPS) is 15.6. The van der Waals surface area contributed by atoms with E-state index in [1.165, 1.54) is 48.0 Å². The number of nitrogens with zero attached hydrogens (tertiary/aromatic N) is 1. The van der Waals surface area contributed by atoms with Gasteiger partial charge in [0.2, 0.25) is 0 Å². The fraction of sp³-hybridized carbons (Fsp3) is 0.900. The van der Waals surface area contributed by atoms with Crippen molar-refractivity contribution in [2.24, 2.45) is 4.99 Å². The van der Waals surface area contributed by atoms with E-state index in [-0.39, 0.29) is 0 Å². The number of hydrogen-bond acceptors (Lipinski definition) is 3. The standard InChI is InChI=1S/C10H19NS2/c1-2-3-4-5-6-7-8-11-10-12-9-13-10/h2-9H2,1H3. The van der Waals surface area contributed by atoms with Gasteiger partial charge in [-0.15, -0.1) is 0 Å². The van der Waals surface area contributed by atoms with Crippen LogP contribution in [0, 0.1) is 0 Å². The van der Waals surface area contributed by atoms with Crippen molar-refractivity contribution in [1.29, 1.82) is 0 Å². The number of hydrogen-bond donors (Lipinski definition) is 0. The third-order valence-corrected chi connectivity index (χ3v) is 4.52. The van der Waals surface area contributed by atoms with Gasteiger partial charge in [-0.2, -0.15) is 0 Å². The summed E-state index contributed by atoms with van der Waals surface area (Å²) in [5, 5.41) is 1.22. The molecule has 0 aromatic rings. The lowest BCUT2D eigenvalue weighted by atomic mass is 10.1. The highest BCUT2D eigenvalue weighted by molar-refractivity contribution is 8.52. The van der Waals surface area contributed by atoms with Gasteiger partial charge in [0.25, 0.3) is 0 Å². The van der Waals surface area contributed by atoms with Crippen molar-refractivity contribution in [3.8, 4) is 0 Å². The molecule has 0 atom stereocenters. The van der Waals surface area contributed by atoms with E-state index in [1.54, 1.807) is 0 Å². The number of aliphatic imine (C=N–C) groups is 1. The SMILES string of the molecule is CCCCCCCCN=C1SCS1. The number of thioether (sulfide) groups is 2. The zero-order valence-electron chi connectivity index (χ0n) is 8.42. The van der Waals surface area contributed by atoms with Crippen LogP contribution in [-0.2, 0) is 0 Å². The van der Waals surface area contributed by atoms with Crippen LogP contribution in [0.4, 0.5) is 0 Å². The van der Waals surface area contributed by atoms with Gasteiger partial charge in [-0.3, -0.25) is 4.99 Å². The summed E-state index contributed by atoms with van der Waals surface area (Å²) in [7, 11) is 0. The summed E-state index contributed by atoms with van der Waals surface area (Å²) in [5.41, 5.74) is 0. The Morgan fingerprint density at radius 2 is 1.77 bits per heavy atom. The van der Waals surface area contributed by atoms with Crippen LogP contribution in [0.2, 0.25) is 0 Å². The van der Waals surface area contributed by atoms with Gasteiger partial charge in [-0.25, -0.2) is 0 Å². The van der Waals surface area contributed by atoms with Crippen LogP contribution in [0.3, 0.4) is 0 Å². The molecule has 1 rings (SSSR count).